The zero-order valence-electron chi connectivity index (χ0n) is 17.9. The Hall–Kier alpha value is -1.96. The molecule has 162 valence electrons. The smallest absolute Gasteiger partial charge is 0.412 e. The summed E-state index contributed by atoms with van der Waals surface area (Å²) in [6.07, 6.45) is -3.43. The van der Waals surface area contributed by atoms with Crippen molar-refractivity contribution < 1.29 is 32.2 Å². The van der Waals surface area contributed by atoms with Gasteiger partial charge in [0.25, 0.3) is 0 Å². The van der Waals surface area contributed by atoms with Gasteiger partial charge in [0.1, 0.15) is 23.7 Å². The number of allylic oxidation sites excluding steroid dienone is 2. The third kappa shape index (κ3) is 5.35. The molecule has 1 aromatic carbocycles. The van der Waals surface area contributed by atoms with E-state index in [4.69, 9.17) is 14.2 Å². The Bertz CT molecular complexity index is 808. The number of hydrogen-bond donors (Lipinski definition) is 0. The summed E-state index contributed by atoms with van der Waals surface area (Å²) in [7, 11) is 0.0642. The number of rotatable bonds is 8. The van der Waals surface area contributed by atoms with Crippen LogP contribution in [0.5, 0.6) is 11.5 Å². The summed E-state index contributed by atoms with van der Waals surface area (Å²) >= 11 is 0. The van der Waals surface area contributed by atoms with Crippen LogP contribution in [0.15, 0.2) is 11.6 Å². The highest BCUT2D eigenvalue weighted by molar-refractivity contribution is 6.76. The van der Waals surface area contributed by atoms with E-state index in [-0.39, 0.29) is 25.2 Å². The first-order chi connectivity index (χ1) is 13.4. The van der Waals surface area contributed by atoms with E-state index >= 15 is 0 Å². The zero-order valence-corrected chi connectivity index (χ0v) is 18.9. The molecule has 0 saturated heterocycles. The number of benzene rings is 1. The van der Waals surface area contributed by atoms with Gasteiger partial charge in [-0.25, -0.2) is 4.79 Å². The average molecular weight is 431 g/mol. The minimum Gasteiger partial charge on any atom is -0.496 e. The van der Waals surface area contributed by atoms with E-state index < -0.39 is 25.8 Å². The number of esters is 1. The molecule has 0 aliphatic carbocycles. The second-order valence-electron chi connectivity index (χ2n) is 8.34. The highest BCUT2D eigenvalue weighted by Gasteiger charge is 2.35. The predicted octanol–water partition coefficient (Wildman–Crippen LogP) is 5.83. The average Bonchev–Trinajstić information content (AvgIpc) is 2.98. The zero-order chi connectivity index (χ0) is 22.0. The summed E-state index contributed by atoms with van der Waals surface area (Å²) < 4.78 is 56.3. The quantitative estimate of drug-likeness (QED) is 0.296. The molecule has 0 spiro atoms. The molecular formula is C21H29F3O4Si. The number of carbonyl (C=O) groups is 1. The first-order valence-electron chi connectivity index (χ1n) is 9.69. The molecule has 4 nitrogen and oxygen atoms in total. The molecule has 0 unspecified atom stereocenters. The number of methoxy groups -OCH3 is 1. The first kappa shape index (κ1) is 23.3. The summed E-state index contributed by atoms with van der Waals surface area (Å²) in [5, 5.41) is 0. The molecule has 0 aromatic heterocycles. The van der Waals surface area contributed by atoms with Gasteiger partial charge in [0, 0.05) is 24.8 Å². The second kappa shape index (κ2) is 8.81. The van der Waals surface area contributed by atoms with Crippen LogP contribution in [0.2, 0.25) is 25.7 Å². The van der Waals surface area contributed by atoms with Crippen LogP contribution in [0.3, 0.4) is 0 Å². The number of cyclic esters (lactones) is 1. The Morgan fingerprint density at radius 3 is 2.41 bits per heavy atom. The van der Waals surface area contributed by atoms with E-state index in [0.717, 1.165) is 12.1 Å². The van der Waals surface area contributed by atoms with Crippen molar-refractivity contribution in [2.45, 2.75) is 65.2 Å². The van der Waals surface area contributed by atoms with Crippen molar-refractivity contribution >= 4 is 14.0 Å². The Kier molecular flexibility index (Phi) is 7.09. The minimum atomic E-state index is -4.40. The minimum absolute atomic E-state index is 0.0461. The van der Waals surface area contributed by atoms with Crippen LogP contribution >= 0.6 is 0 Å². The molecule has 0 bridgehead atoms. The van der Waals surface area contributed by atoms with Crippen LogP contribution in [0.1, 0.15) is 40.4 Å². The lowest BCUT2D eigenvalue weighted by Crippen LogP contribution is -2.23. The summed E-state index contributed by atoms with van der Waals surface area (Å²) in [4.78, 5) is 12.4. The van der Waals surface area contributed by atoms with E-state index in [1.54, 1.807) is 6.92 Å². The lowest BCUT2D eigenvalue weighted by atomic mass is 9.94. The topological polar surface area (TPSA) is 44.8 Å². The summed E-state index contributed by atoms with van der Waals surface area (Å²) in [6, 6.07) is 0.852. The van der Waals surface area contributed by atoms with Gasteiger partial charge in [-0.3, -0.25) is 0 Å². The van der Waals surface area contributed by atoms with Gasteiger partial charge in [0.15, 0.2) is 0 Å². The lowest BCUT2D eigenvalue weighted by Gasteiger charge is -2.21. The highest BCUT2D eigenvalue weighted by Crippen LogP contribution is 2.43. The van der Waals surface area contributed by atoms with Crippen molar-refractivity contribution in [3.8, 4) is 11.5 Å². The molecule has 1 aliphatic heterocycles. The number of ether oxygens (including phenoxy) is 3. The van der Waals surface area contributed by atoms with Crippen LogP contribution in [0.4, 0.5) is 13.2 Å². The maximum atomic E-state index is 13.2. The Morgan fingerprint density at radius 2 is 1.90 bits per heavy atom. The number of halogens is 3. The maximum Gasteiger partial charge on any atom is 0.412 e. The van der Waals surface area contributed by atoms with Gasteiger partial charge in [0.05, 0.1) is 13.7 Å². The number of carbonyl (C=O) groups excluding carboxylic acids is 1. The number of alkyl halides is 3. The van der Waals surface area contributed by atoms with Crippen LogP contribution < -0.4 is 9.47 Å². The van der Waals surface area contributed by atoms with Gasteiger partial charge in [-0.1, -0.05) is 32.6 Å². The molecule has 0 fully saturated rings. The van der Waals surface area contributed by atoms with Crippen molar-refractivity contribution in [3.63, 3.8) is 0 Å². The van der Waals surface area contributed by atoms with Crippen molar-refractivity contribution in [1.29, 1.82) is 0 Å². The first-order valence-corrected chi connectivity index (χ1v) is 13.4. The molecule has 1 aliphatic rings. The Balaban J connectivity index is 2.57. The molecule has 0 saturated carbocycles. The Morgan fingerprint density at radius 1 is 1.24 bits per heavy atom. The predicted molar refractivity (Wildman–Crippen MR) is 109 cm³/mol. The second-order valence-corrected chi connectivity index (χ2v) is 14.0. The van der Waals surface area contributed by atoms with Crippen LogP contribution in [0, 0.1) is 6.92 Å². The van der Waals surface area contributed by atoms with Gasteiger partial charge in [0.2, 0.25) is 0 Å². The fourth-order valence-electron chi connectivity index (χ4n) is 3.31. The normalized spacial score (nSPS) is 14.7. The molecule has 0 N–H and O–H groups in total. The van der Waals surface area contributed by atoms with Crippen molar-refractivity contribution in [3.05, 3.63) is 33.9 Å². The summed E-state index contributed by atoms with van der Waals surface area (Å²) in [5.74, 6) is 0.224. The molecule has 8 heteroatoms. The molecular weight excluding hydrogens is 401 g/mol. The third-order valence-electron chi connectivity index (χ3n) is 5.02. The van der Waals surface area contributed by atoms with Crippen molar-refractivity contribution in [2.75, 3.05) is 13.7 Å². The summed E-state index contributed by atoms with van der Waals surface area (Å²) in [6.45, 7) is 10.3. The maximum absolute atomic E-state index is 13.2. The van der Waals surface area contributed by atoms with Crippen LogP contribution in [-0.2, 0) is 17.8 Å². The molecule has 29 heavy (non-hydrogen) atoms. The van der Waals surface area contributed by atoms with Gasteiger partial charge in [-0.05, 0) is 31.4 Å². The molecule has 0 atom stereocenters. The van der Waals surface area contributed by atoms with E-state index in [9.17, 15) is 18.0 Å². The fourth-order valence-corrected chi connectivity index (χ4v) is 4.03. The van der Waals surface area contributed by atoms with Crippen molar-refractivity contribution in [1.82, 2.24) is 0 Å². The molecule has 0 amide bonds. The van der Waals surface area contributed by atoms with E-state index in [0.29, 0.717) is 34.6 Å². The van der Waals surface area contributed by atoms with Gasteiger partial charge in [-0.15, -0.1) is 0 Å². The summed E-state index contributed by atoms with van der Waals surface area (Å²) in [5.41, 5.74) is 1.52. The van der Waals surface area contributed by atoms with Gasteiger partial charge >= 0.3 is 12.1 Å². The largest absolute Gasteiger partial charge is 0.496 e. The number of hydrogen-bond acceptors (Lipinski definition) is 4. The number of fused-ring (bicyclic) bond motifs is 1. The molecule has 2 rings (SSSR count). The molecule has 0 radical (unpaired) electrons. The van der Waals surface area contributed by atoms with E-state index in [2.05, 4.69) is 19.6 Å². The Labute approximate surface area is 171 Å². The van der Waals surface area contributed by atoms with Crippen LogP contribution in [0.25, 0.3) is 0 Å². The SMILES string of the molecule is CC/C(=C/Cc1c(OC)c(C)c2c(c1OCC[Si](C)(C)C)C(=O)OC2)C(F)(F)F. The van der Waals surface area contributed by atoms with Crippen molar-refractivity contribution in [2.24, 2.45) is 0 Å². The van der Waals surface area contributed by atoms with Gasteiger partial charge in [-0.2, -0.15) is 13.2 Å². The molecule has 1 heterocycles. The standard InChI is InChI=1S/C21H29F3O4Si/c1-7-14(21(22,23)24)8-9-15-18(26-3)13(2)16-12-28-20(25)17(16)19(15)27-10-11-29(4,5)6/h8H,7,9-12H2,1-6H3/b14-8-. The highest BCUT2D eigenvalue weighted by atomic mass is 28.3. The van der Waals surface area contributed by atoms with Gasteiger partial charge < -0.3 is 14.2 Å². The molecule has 1 aromatic rings. The van der Waals surface area contributed by atoms with E-state index in [1.807, 2.05) is 0 Å². The van der Waals surface area contributed by atoms with Crippen LogP contribution in [-0.4, -0.2) is 33.9 Å². The lowest BCUT2D eigenvalue weighted by molar-refractivity contribution is -0.0937. The monoisotopic (exact) mass is 430 g/mol. The third-order valence-corrected chi connectivity index (χ3v) is 6.73. The fraction of sp³-hybridized carbons (Fsp3) is 0.571. The van der Waals surface area contributed by atoms with E-state index in [1.165, 1.54) is 14.0 Å².